The van der Waals surface area contributed by atoms with Gasteiger partial charge in [-0.1, -0.05) is 18.2 Å². The summed E-state index contributed by atoms with van der Waals surface area (Å²) in [6, 6.07) is 0. The molecule has 1 heterocycles. The van der Waals surface area contributed by atoms with E-state index >= 15 is 0 Å². The number of hydrogen-bond donors (Lipinski definition) is 0. The molecule has 11 heavy (non-hydrogen) atoms. The summed E-state index contributed by atoms with van der Waals surface area (Å²) in [5.41, 5.74) is 1.24. The van der Waals surface area contributed by atoms with Crippen LogP contribution in [0.25, 0.3) is 0 Å². The van der Waals surface area contributed by atoms with E-state index in [0.29, 0.717) is 0 Å². The molecule has 0 N–H and O–H groups in total. The Hall–Kier alpha value is -1.11. The third-order valence-electron chi connectivity index (χ3n) is 1.91. The van der Waals surface area contributed by atoms with E-state index in [-0.39, 0.29) is 0 Å². The molecule has 0 aromatic carbocycles. The van der Waals surface area contributed by atoms with Crippen molar-refractivity contribution in [1.29, 1.82) is 0 Å². The fourth-order valence-corrected chi connectivity index (χ4v) is 1.12. The van der Waals surface area contributed by atoms with Crippen molar-refractivity contribution in [2.24, 2.45) is 10.9 Å². The van der Waals surface area contributed by atoms with Crippen LogP contribution in [0.4, 0.5) is 0 Å². The van der Waals surface area contributed by atoms with Gasteiger partial charge in [-0.15, -0.1) is 0 Å². The molecule has 0 aromatic rings. The predicted molar refractivity (Wildman–Crippen MR) is 47.6 cm³/mol. The normalized spacial score (nSPS) is 22.7. The van der Waals surface area contributed by atoms with E-state index in [2.05, 4.69) is 17.1 Å². The smallest absolute Gasteiger partial charge is 0.0434 e. The highest BCUT2D eigenvalue weighted by Crippen LogP contribution is 2.31. The van der Waals surface area contributed by atoms with Gasteiger partial charge in [-0.2, -0.15) is 0 Å². The van der Waals surface area contributed by atoms with E-state index in [1.54, 1.807) is 0 Å². The lowest BCUT2D eigenvalue weighted by molar-refractivity contribution is 1.19. The van der Waals surface area contributed by atoms with Crippen molar-refractivity contribution in [3.8, 4) is 0 Å². The van der Waals surface area contributed by atoms with Gasteiger partial charge in [0.1, 0.15) is 0 Å². The van der Waals surface area contributed by atoms with Crippen molar-refractivity contribution < 1.29 is 0 Å². The largest absolute Gasteiger partial charge is 0.261 e. The van der Waals surface area contributed by atoms with E-state index < -0.39 is 0 Å². The van der Waals surface area contributed by atoms with Crippen LogP contribution in [-0.4, -0.2) is 5.71 Å². The van der Waals surface area contributed by atoms with Gasteiger partial charge >= 0.3 is 0 Å². The predicted octanol–water partition coefficient (Wildman–Crippen LogP) is 2.48. The van der Waals surface area contributed by atoms with Crippen molar-refractivity contribution in [2.75, 3.05) is 0 Å². The Bertz CT molecular complexity index is 252. The maximum Gasteiger partial charge on any atom is 0.0434 e. The minimum Gasteiger partial charge on any atom is -0.261 e. The van der Waals surface area contributed by atoms with Gasteiger partial charge in [0.25, 0.3) is 0 Å². The third kappa shape index (κ3) is 1.67. The van der Waals surface area contributed by atoms with E-state index in [0.717, 1.165) is 5.92 Å². The average molecular weight is 145 g/mol. The zero-order valence-electron chi connectivity index (χ0n) is 6.40. The van der Waals surface area contributed by atoms with Crippen molar-refractivity contribution in [2.45, 2.75) is 12.8 Å². The SMILES string of the molecule is C1=CC=CC(C2CC2)=NC=C1. The molecule has 0 aromatic heterocycles. The number of aliphatic imine (C=N–C) groups is 1. The van der Waals surface area contributed by atoms with Crippen LogP contribution in [0.3, 0.4) is 0 Å². The molecule has 0 amide bonds. The Morgan fingerprint density at radius 2 is 1.91 bits per heavy atom. The van der Waals surface area contributed by atoms with Gasteiger partial charge in [0.05, 0.1) is 0 Å². The van der Waals surface area contributed by atoms with Crippen LogP contribution in [0.2, 0.25) is 0 Å². The second-order valence-corrected chi connectivity index (χ2v) is 2.91. The molecule has 0 radical (unpaired) electrons. The van der Waals surface area contributed by atoms with Gasteiger partial charge in [-0.25, -0.2) is 0 Å². The highest BCUT2D eigenvalue weighted by molar-refractivity contribution is 5.99. The number of hydrogen-bond acceptors (Lipinski definition) is 1. The Balaban J connectivity index is 2.16. The zero-order valence-corrected chi connectivity index (χ0v) is 6.40. The van der Waals surface area contributed by atoms with Crippen molar-refractivity contribution >= 4 is 5.71 Å². The van der Waals surface area contributed by atoms with Gasteiger partial charge in [0, 0.05) is 17.8 Å². The molecule has 0 spiro atoms. The molecule has 1 heteroatoms. The molecule has 0 unspecified atom stereocenters. The van der Waals surface area contributed by atoms with Crippen molar-refractivity contribution in [3.05, 3.63) is 36.6 Å². The van der Waals surface area contributed by atoms with E-state index in [1.807, 2.05) is 24.4 Å². The van der Waals surface area contributed by atoms with E-state index in [4.69, 9.17) is 0 Å². The Morgan fingerprint density at radius 3 is 2.73 bits per heavy atom. The molecule has 2 rings (SSSR count). The van der Waals surface area contributed by atoms with Crippen molar-refractivity contribution in [3.63, 3.8) is 0 Å². The van der Waals surface area contributed by atoms with E-state index in [1.165, 1.54) is 18.6 Å². The first kappa shape index (κ1) is 6.59. The zero-order chi connectivity index (χ0) is 7.52. The summed E-state index contributed by atoms with van der Waals surface area (Å²) in [5.74, 6) is 0.752. The number of rotatable bonds is 1. The van der Waals surface area contributed by atoms with Gasteiger partial charge < -0.3 is 0 Å². The molecular weight excluding hydrogens is 134 g/mol. The van der Waals surface area contributed by atoms with Crippen LogP contribution in [0.15, 0.2) is 41.6 Å². The van der Waals surface area contributed by atoms with Crippen molar-refractivity contribution in [1.82, 2.24) is 0 Å². The van der Waals surface area contributed by atoms with Gasteiger partial charge in [0.2, 0.25) is 0 Å². The fourth-order valence-electron chi connectivity index (χ4n) is 1.12. The average Bonchev–Trinajstić information content (AvgIpc) is 2.68. The molecule has 0 bridgehead atoms. The standard InChI is InChI=1S/C10H11N/c1-2-4-8-11-10(5-3-1)9-6-7-9/h1-5,8-9H,6-7H2. The highest BCUT2D eigenvalue weighted by atomic mass is 14.7. The second kappa shape index (κ2) is 2.87. The van der Waals surface area contributed by atoms with E-state index in [9.17, 15) is 0 Å². The molecule has 1 saturated carbocycles. The van der Waals surface area contributed by atoms with Gasteiger partial charge in [-0.3, -0.25) is 4.99 Å². The summed E-state index contributed by atoms with van der Waals surface area (Å²) < 4.78 is 0. The quantitative estimate of drug-likeness (QED) is 0.537. The minimum atomic E-state index is 0.752. The molecule has 56 valence electrons. The lowest BCUT2D eigenvalue weighted by atomic mass is 10.2. The summed E-state index contributed by atoms with van der Waals surface area (Å²) >= 11 is 0. The summed E-state index contributed by atoms with van der Waals surface area (Å²) in [4.78, 5) is 4.34. The maximum atomic E-state index is 4.34. The van der Waals surface area contributed by atoms with Gasteiger partial charge in [-0.05, 0) is 25.0 Å². The van der Waals surface area contributed by atoms with Gasteiger partial charge in [0.15, 0.2) is 0 Å². The molecule has 1 aliphatic carbocycles. The lowest BCUT2D eigenvalue weighted by Gasteiger charge is -1.94. The number of nitrogens with zero attached hydrogens (tertiary/aromatic N) is 1. The molecule has 1 fully saturated rings. The summed E-state index contributed by atoms with van der Waals surface area (Å²) in [6.07, 6.45) is 14.7. The Kier molecular flexibility index (Phi) is 1.72. The minimum absolute atomic E-state index is 0.752. The van der Waals surface area contributed by atoms with Crippen LogP contribution in [0.5, 0.6) is 0 Å². The van der Waals surface area contributed by atoms with Crippen LogP contribution in [-0.2, 0) is 0 Å². The highest BCUT2D eigenvalue weighted by Gasteiger charge is 2.25. The monoisotopic (exact) mass is 145 g/mol. The molecule has 1 nitrogen and oxygen atoms in total. The van der Waals surface area contributed by atoms with Crippen LogP contribution >= 0.6 is 0 Å². The molecular formula is C10H11N. The number of allylic oxidation sites excluding steroid dienone is 5. The molecule has 2 aliphatic rings. The van der Waals surface area contributed by atoms with Crippen LogP contribution in [0.1, 0.15) is 12.8 Å². The molecule has 0 atom stereocenters. The first-order valence-corrected chi connectivity index (χ1v) is 4.04. The fraction of sp³-hybridized carbons (Fsp3) is 0.300. The summed E-state index contributed by atoms with van der Waals surface area (Å²) in [7, 11) is 0. The molecule has 1 aliphatic heterocycles. The first-order valence-electron chi connectivity index (χ1n) is 4.04. The van der Waals surface area contributed by atoms with Crippen LogP contribution < -0.4 is 0 Å². The third-order valence-corrected chi connectivity index (χ3v) is 1.91. The Labute approximate surface area is 66.8 Å². The maximum absolute atomic E-state index is 4.34. The second-order valence-electron chi connectivity index (χ2n) is 2.91. The van der Waals surface area contributed by atoms with Crippen LogP contribution in [0, 0.1) is 5.92 Å². The summed E-state index contributed by atoms with van der Waals surface area (Å²) in [5, 5.41) is 0. The Morgan fingerprint density at radius 1 is 1.09 bits per heavy atom. The topological polar surface area (TPSA) is 12.4 Å². The lowest BCUT2D eigenvalue weighted by Crippen LogP contribution is -1.94. The summed E-state index contributed by atoms with van der Waals surface area (Å²) in [6.45, 7) is 0. The molecule has 0 saturated heterocycles. The first-order chi connectivity index (χ1) is 5.47.